The van der Waals surface area contributed by atoms with Crippen LogP contribution in [0.25, 0.3) is 0 Å². The molecule has 4 atom stereocenters. The molecule has 4 heterocycles. The summed E-state index contributed by atoms with van der Waals surface area (Å²) in [5.41, 5.74) is -1.08. The van der Waals surface area contributed by atoms with Crippen molar-refractivity contribution in [2.24, 2.45) is 5.41 Å². The van der Waals surface area contributed by atoms with Crippen molar-refractivity contribution in [3.05, 3.63) is 42.0 Å². The largest absolute Gasteiger partial charge is 0.463 e. The minimum absolute atomic E-state index is 0.175. The summed E-state index contributed by atoms with van der Waals surface area (Å²) in [5.74, 6) is -2.35. The van der Waals surface area contributed by atoms with Gasteiger partial charge in [0.05, 0.1) is 25.5 Å². The molecule has 1 unspecified atom stereocenters. The maximum atomic E-state index is 13.7. The summed E-state index contributed by atoms with van der Waals surface area (Å²) in [6.07, 6.45) is 1.53. The first kappa shape index (κ1) is 19.7. The van der Waals surface area contributed by atoms with Crippen molar-refractivity contribution in [2.45, 2.75) is 57.1 Å². The van der Waals surface area contributed by atoms with Crippen molar-refractivity contribution >= 4 is 17.6 Å². The molecule has 4 aliphatic heterocycles. The summed E-state index contributed by atoms with van der Waals surface area (Å²) in [7, 11) is 0. The van der Waals surface area contributed by atoms with Crippen molar-refractivity contribution in [2.75, 3.05) is 24.7 Å². The number of esters is 1. The summed E-state index contributed by atoms with van der Waals surface area (Å²) in [5, 5.41) is 0. The molecule has 1 spiro atoms. The number of nitrogens with zero attached hydrogens (tertiary/aromatic N) is 1. The molecule has 1 aromatic carbocycles. The van der Waals surface area contributed by atoms with Gasteiger partial charge in [0.25, 0.3) is 5.91 Å². The van der Waals surface area contributed by atoms with Gasteiger partial charge in [-0.1, -0.05) is 30.7 Å². The van der Waals surface area contributed by atoms with Crippen LogP contribution in [-0.4, -0.2) is 43.0 Å². The number of para-hydroxylation sites is 1. The van der Waals surface area contributed by atoms with Crippen LogP contribution in [0, 0.1) is 5.41 Å². The minimum Gasteiger partial charge on any atom is -0.463 e. The lowest BCUT2D eigenvalue weighted by Crippen LogP contribution is -2.70. The number of fused-ring (bicyclic) bond motifs is 4. The van der Waals surface area contributed by atoms with Gasteiger partial charge >= 0.3 is 5.97 Å². The molecule has 7 heteroatoms. The van der Waals surface area contributed by atoms with E-state index in [-0.39, 0.29) is 13.0 Å². The predicted octanol–water partition coefficient (Wildman–Crippen LogP) is 3.03. The SMILES string of the molecule is C=C(C)CCOC12OCC[C@]3(C)C[C@]4(C(=O)OCC)O[C@]13N(C4=O)c1ccccc12. The molecule has 0 aliphatic carbocycles. The molecular formula is C23H27NO6. The summed E-state index contributed by atoms with van der Waals surface area (Å²) in [4.78, 5) is 28.4. The van der Waals surface area contributed by atoms with Gasteiger partial charge in [0.1, 0.15) is 0 Å². The molecule has 0 N–H and O–H groups in total. The van der Waals surface area contributed by atoms with Crippen LogP contribution in [0.15, 0.2) is 36.4 Å². The van der Waals surface area contributed by atoms with E-state index >= 15 is 0 Å². The van der Waals surface area contributed by atoms with Crippen molar-refractivity contribution in [1.29, 1.82) is 0 Å². The number of rotatable bonds is 6. The third-order valence-corrected chi connectivity index (χ3v) is 6.99. The van der Waals surface area contributed by atoms with Crippen LogP contribution in [0.2, 0.25) is 0 Å². The van der Waals surface area contributed by atoms with Gasteiger partial charge in [-0.15, -0.1) is 6.58 Å². The van der Waals surface area contributed by atoms with Crippen LogP contribution >= 0.6 is 0 Å². The fourth-order valence-electron chi connectivity index (χ4n) is 5.75. The molecule has 2 bridgehead atoms. The average Bonchev–Trinajstić information content (AvgIpc) is 3.23. The minimum atomic E-state index is -1.67. The second-order valence-electron chi connectivity index (χ2n) is 8.96. The fraction of sp³-hybridized carbons (Fsp3) is 0.565. The lowest BCUT2D eigenvalue weighted by atomic mass is 9.65. The van der Waals surface area contributed by atoms with Gasteiger partial charge < -0.3 is 18.9 Å². The summed E-state index contributed by atoms with van der Waals surface area (Å²) >= 11 is 0. The molecule has 3 saturated heterocycles. The highest BCUT2D eigenvalue weighted by Crippen LogP contribution is 2.73. The van der Waals surface area contributed by atoms with E-state index in [2.05, 4.69) is 13.5 Å². The van der Waals surface area contributed by atoms with Crippen LogP contribution in [-0.2, 0) is 34.3 Å². The monoisotopic (exact) mass is 413 g/mol. The van der Waals surface area contributed by atoms with Crippen molar-refractivity contribution in [1.82, 2.24) is 0 Å². The zero-order valence-electron chi connectivity index (χ0n) is 17.7. The van der Waals surface area contributed by atoms with Crippen LogP contribution in [0.3, 0.4) is 0 Å². The standard InChI is InChI=1S/C23H27NO6/c1-5-27-19(26)21-14-20(4)11-13-29-22(28-12-10-15(2)3)16-8-6-7-9-17(16)24(18(21)25)23(20,22)30-21/h6-9H,2,5,10-14H2,1,3-4H3/t20-,21+,22?,23+/m1/s1. The normalized spacial score (nSPS) is 37.8. The Bertz CT molecular complexity index is 961. The zero-order valence-corrected chi connectivity index (χ0v) is 17.7. The number of hydrogen-bond donors (Lipinski definition) is 0. The molecule has 160 valence electrons. The first-order chi connectivity index (χ1) is 14.3. The molecule has 0 saturated carbocycles. The first-order valence-corrected chi connectivity index (χ1v) is 10.5. The molecule has 30 heavy (non-hydrogen) atoms. The maximum absolute atomic E-state index is 13.7. The number of hydrogen-bond acceptors (Lipinski definition) is 6. The molecule has 4 aliphatic rings. The Kier molecular flexibility index (Phi) is 4.05. The molecular weight excluding hydrogens is 386 g/mol. The predicted molar refractivity (Wildman–Crippen MR) is 107 cm³/mol. The number of carbonyl (C=O) groups excluding carboxylic acids is 2. The quantitative estimate of drug-likeness (QED) is 0.405. The van der Waals surface area contributed by atoms with E-state index in [1.165, 1.54) is 0 Å². The zero-order chi connectivity index (χ0) is 21.4. The second-order valence-corrected chi connectivity index (χ2v) is 8.96. The van der Waals surface area contributed by atoms with Crippen LogP contribution in [0.1, 0.15) is 45.6 Å². The van der Waals surface area contributed by atoms with E-state index in [4.69, 9.17) is 18.9 Å². The van der Waals surface area contributed by atoms with Crippen molar-refractivity contribution in [3.8, 4) is 0 Å². The van der Waals surface area contributed by atoms with Crippen LogP contribution < -0.4 is 4.90 Å². The van der Waals surface area contributed by atoms with Gasteiger partial charge in [-0.3, -0.25) is 9.69 Å². The smallest absolute Gasteiger partial charge is 0.348 e. The van der Waals surface area contributed by atoms with Crippen LogP contribution in [0.5, 0.6) is 0 Å². The lowest BCUT2D eigenvalue weighted by Gasteiger charge is -2.55. The molecule has 1 amide bonds. The van der Waals surface area contributed by atoms with E-state index in [9.17, 15) is 9.59 Å². The summed E-state index contributed by atoms with van der Waals surface area (Å²) in [6.45, 7) is 10.6. The molecule has 0 aromatic heterocycles. The number of ether oxygens (including phenoxy) is 4. The Morgan fingerprint density at radius 2 is 2.10 bits per heavy atom. The number of anilines is 1. The van der Waals surface area contributed by atoms with E-state index in [1.807, 2.05) is 31.2 Å². The Morgan fingerprint density at radius 3 is 2.83 bits per heavy atom. The average molecular weight is 413 g/mol. The molecule has 5 rings (SSSR count). The van der Waals surface area contributed by atoms with Gasteiger partial charge in [-0.05, 0) is 32.8 Å². The van der Waals surface area contributed by atoms with Gasteiger partial charge in [-0.2, -0.15) is 0 Å². The summed E-state index contributed by atoms with van der Waals surface area (Å²) in [6, 6.07) is 7.53. The maximum Gasteiger partial charge on any atom is 0.348 e. The Labute approximate surface area is 175 Å². The highest BCUT2D eigenvalue weighted by atomic mass is 16.7. The van der Waals surface area contributed by atoms with Crippen molar-refractivity contribution < 1.29 is 28.5 Å². The Hall–Kier alpha value is -2.22. The van der Waals surface area contributed by atoms with Gasteiger partial charge in [-0.25, -0.2) is 4.79 Å². The highest BCUT2D eigenvalue weighted by Gasteiger charge is 2.89. The van der Waals surface area contributed by atoms with Crippen molar-refractivity contribution in [3.63, 3.8) is 0 Å². The second kappa shape index (κ2) is 6.15. The van der Waals surface area contributed by atoms with E-state index in [0.29, 0.717) is 31.7 Å². The Balaban J connectivity index is 1.72. The first-order valence-electron chi connectivity index (χ1n) is 10.5. The fourth-order valence-corrected chi connectivity index (χ4v) is 5.75. The molecule has 0 radical (unpaired) electrons. The van der Waals surface area contributed by atoms with Gasteiger partial charge in [0.15, 0.2) is 0 Å². The number of piperidine rings is 1. The number of carbonyl (C=O) groups is 2. The highest BCUT2D eigenvalue weighted by molar-refractivity contribution is 6.18. The number of amides is 1. The van der Waals surface area contributed by atoms with E-state index < -0.39 is 34.4 Å². The lowest BCUT2D eigenvalue weighted by molar-refractivity contribution is -0.365. The summed E-state index contributed by atoms with van der Waals surface area (Å²) < 4.78 is 24.7. The van der Waals surface area contributed by atoms with Crippen LogP contribution in [0.4, 0.5) is 5.69 Å². The van der Waals surface area contributed by atoms with E-state index in [0.717, 1.165) is 11.1 Å². The van der Waals surface area contributed by atoms with Gasteiger partial charge in [0, 0.05) is 17.4 Å². The van der Waals surface area contributed by atoms with E-state index in [1.54, 1.807) is 11.8 Å². The molecule has 3 fully saturated rings. The van der Waals surface area contributed by atoms with Gasteiger partial charge in [0.2, 0.25) is 17.1 Å². The number of benzene rings is 1. The third-order valence-electron chi connectivity index (χ3n) is 6.99. The topological polar surface area (TPSA) is 74.3 Å². The Morgan fingerprint density at radius 1 is 1.33 bits per heavy atom. The molecule has 1 aromatic rings. The molecule has 7 nitrogen and oxygen atoms in total. The third kappa shape index (κ3) is 2.01.